The molecule has 0 aliphatic carbocycles. The summed E-state index contributed by atoms with van der Waals surface area (Å²) in [7, 11) is 0. The normalized spacial score (nSPS) is 20.4. The van der Waals surface area contributed by atoms with Gasteiger partial charge in [0.1, 0.15) is 0 Å². The smallest absolute Gasteiger partial charge is 0.306 e. The van der Waals surface area contributed by atoms with Crippen molar-refractivity contribution < 1.29 is 9.90 Å². The van der Waals surface area contributed by atoms with Crippen molar-refractivity contribution in [3.05, 3.63) is 29.8 Å². The van der Waals surface area contributed by atoms with E-state index >= 15 is 0 Å². The van der Waals surface area contributed by atoms with E-state index in [4.69, 9.17) is 5.11 Å². The van der Waals surface area contributed by atoms with E-state index in [9.17, 15) is 4.79 Å². The maximum Gasteiger partial charge on any atom is 0.306 e. The van der Waals surface area contributed by atoms with Crippen LogP contribution in [0.5, 0.6) is 0 Å². The summed E-state index contributed by atoms with van der Waals surface area (Å²) in [4.78, 5) is 12.1. The fraction of sp³-hybridized carbons (Fsp3) is 0.462. The van der Waals surface area contributed by atoms with E-state index in [1.54, 1.807) is 6.92 Å². The number of thioether (sulfide) groups is 1. The zero-order valence-corrected chi connectivity index (χ0v) is 10.2. The van der Waals surface area contributed by atoms with Gasteiger partial charge in [-0.3, -0.25) is 4.79 Å². The molecule has 2 rings (SSSR count). The average Bonchev–Trinajstić information content (AvgIpc) is 2.68. The lowest BCUT2D eigenvalue weighted by molar-refractivity contribution is -0.141. The Bertz CT molecular complexity index is 364. The van der Waals surface area contributed by atoms with Crippen molar-refractivity contribution in [3.63, 3.8) is 0 Å². The van der Waals surface area contributed by atoms with E-state index < -0.39 is 5.97 Å². The SMILES string of the molecule is CC(CCC1Cc2ccccc2S1)C(=O)O. The Morgan fingerprint density at radius 1 is 1.56 bits per heavy atom. The largest absolute Gasteiger partial charge is 0.481 e. The molecule has 1 aromatic carbocycles. The minimum atomic E-state index is -0.680. The van der Waals surface area contributed by atoms with Crippen LogP contribution in [0.2, 0.25) is 0 Å². The van der Waals surface area contributed by atoms with Crippen LogP contribution in [0.4, 0.5) is 0 Å². The topological polar surface area (TPSA) is 37.3 Å². The van der Waals surface area contributed by atoms with Crippen LogP contribution in [0.15, 0.2) is 29.2 Å². The Morgan fingerprint density at radius 3 is 3.00 bits per heavy atom. The molecule has 86 valence electrons. The number of hydrogen-bond donors (Lipinski definition) is 1. The summed E-state index contributed by atoms with van der Waals surface area (Å²) < 4.78 is 0. The second kappa shape index (κ2) is 4.91. The summed E-state index contributed by atoms with van der Waals surface area (Å²) in [5, 5.41) is 9.39. The van der Waals surface area contributed by atoms with Crippen LogP contribution in [0.1, 0.15) is 25.3 Å². The molecular formula is C13H16O2S. The van der Waals surface area contributed by atoms with Gasteiger partial charge in [0.2, 0.25) is 0 Å². The zero-order valence-electron chi connectivity index (χ0n) is 9.35. The summed E-state index contributed by atoms with van der Waals surface area (Å²) in [6.07, 6.45) is 2.86. The van der Waals surface area contributed by atoms with E-state index in [0.29, 0.717) is 5.25 Å². The van der Waals surface area contributed by atoms with Crippen LogP contribution in [-0.2, 0) is 11.2 Å². The predicted molar refractivity (Wildman–Crippen MR) is 65.8 cm³/mol. The van der Waals surface area contributed by atoms with Crippen LogP contribution >= 0.6 is 11.8 Å². The average molecular weight is 236 g/mol. The first-order valence-corrected chi connectivity index (χ1v) is 6.52. The fourth-order valence-electron chi connectivity index (χ4n) is 1.97. The van der Waals surface area contributed by atoms with E-state index in [-0.39, 0.29) is 5.92 Å². The third-order valence-electron chi connectivity index (χ3n) is 3.06. The molecule has 1 heterocycles. The number of benzene rings is 1. The van der Waals surface area contributed by atoms with Crippen LogP contribution in [0.3, 0.4) is 0 Å². The molecule has 2 nitrogen and oxygen atoms in total. The molecule has 1 aromatic rings. The quantitative estimate of drug-likeness (QED) is 0.872. The number of hydrogen-bond acceptors (Lipinski definition) is 2. The van der Waals surface area contributed by atoms with Gasteiger partial charge in [0.25, 0.3) is 0 Å². The minimum Gasteiger partial charge on any atom is -0.481 e. The van der Waals surface area contributed by atoms with E-state index in [2.05, 4.69) is 24.3 Å². The summed E-state index contributed by atoms with van der Waals surface area (Å²) >= 11 is 1.90. The second-order valence-corrected chi connectivity index (χ2v) is 5.71. The maximum atomic E-state index is 10.7. The lowest BCUT2D eigenvalue weighted by atomic mass is 10.0. The fourth-order valence-corrected chi connectivity index (χ4v) is 3.31. The van der Waals surface area contributed by atoms with Gasteiger partial charge in [-0.15, -0.1) is 11.8 Å². The first-order chi connectivity index (χ1) is 7.66. The number of carboxylic acids is 1. The maximum absolute atomic E-state index is 10.7. The van der Waals surface area contributed by atoms with Gasteiger partial charge in [-0.25, -0.2) is 0 Å². The Morgan fingerprint density at radius 2 is 2.31 bits per heavy atom. The molecule has 0 radical (unpaired) electrons. The number of carbonyl (C=O) groups is 1. The lowest BCUT2D eigenvalue weighted by Crippen LogP contribution is -2.12. The van der Waals surface area contributed by atoms with Crippen molar-refractivity contribution in [2.75, 3.05) is 0 Å². The van der Waals surface area contributed by atoms with Crippen molar-refractivity contribution in [3.8, 4) is 0 Å². The zero-order chi connectivity index (χ0) is 11.5. The van der Waals surface area contributed by atoms with Gasteiger partial charge in [0.15, 0.2) is 0 Å². The van der Waals surface area contributed by atoms with Crippen LogP contribution in [0.25, 0.3) is 0 Å². The standard InChI is InChI=1S/C13H16O2S/c1-9(13(14)15)6-7-11-8-10-4-2-3-5-12(10)16-11/h2-5,9,11H,6-8H2,1H3,(H,14,15). The molecule has 3 heteroatoms. The van der Waals surface area contributed by atoms with Gasteiger partial charge in [0.05, 0.1) is 5.92 Å². The van der Waals surface area contributed by atoms with Crippen LogP contribution < -0.4 is 0 Å². The highest BCUT2D eigenvalue weighted by Crippen LogP contribution is 2.39. The van der Waals surface area contributed by atoms with E-state index in [1.807, 2.05) is 11.8 Å². The molecule has 0 saturated heterocycles. The first kappa shape index (κ1) is 11.5. The van der Waals surface area contributed by atoms with Crippen LogP contribution in [0, 0.1) is 5.92 Å². The molecule has 16 heavy (non-hydrogen) atoms. The van der Waals surface area contributed by atoms with Gasteiger partial charge in [-0.1, -0.05) is 25.1 Å². The van der Waals surface area contributed by atoms with E-state index in [1.165, 1.54) is 10.5 Å². The Kier molecular flexibility index (Phi) is 3.54. The third kappa shape index (κ3) is 2.59. The Hall–Kier alpha value is -0.960. The van der Waals surface area contributed by atoms with Crippen LogP contribution in [-0.4, -0.2) is 16.3 Å². The van der Waals surface area contributed by atoms with Gasteiger partial charge < -0.3 is 5.11 Å². The molecule has 0 amide bonds. The summed E-state index contributed by atoms with van der Waals surface area (Å²) in [6, 6.07) is 8.46. The van der Waals surface area contributed by atoms with E-state index in [0.717, 1.165) is 19.3 Å². The molecule has 0 bridgehead atoms. The molecule has 0 fully saturated rings. The second-order valence-electron chi connectivity index (χ2n) is 4.37. The highest BCUT2D eigenvalue weighted by molar-refractivity contribution is 8.00. The van der Waals surface area contributed by atoms with Crippen molar-refractivity contribution in [1.82, 2.24) is 0 Å². The first-order valence-electron chi connectivity index (χ1n) is 5.64. The number of fused-ring (bicyclic) bond motifs is 1. The van der Waals surface area contributed by atoms with Crippen molar-refractivity contribution in [2.45, 2.75) is 36.3 Å². The molecule has 0 saturated carbocycles. The van der Waals surface area contributed by atoms with Gasteiger partial charge in [-0.2, -0.15) is 0 Å². The molecule has 1 aliphatic heterocycles. The number of carboxylic acid groups (broad SMARTS) is 1. The summed E-state index contributed by atoms with van der Waals surface area (Å²) in [5.74, 6) is -0.898. The number of rotatable bonds is 4. The van der Waals surface area contributed by atoms with Crippen molar-refractivity contribution in [1.29, 1.82) is 0 Å². The lowest BCUT2D eigenvalue weighted by Gasteiger charge is -2.10. The van der Waals surface area contributed by atoms with Crippen molar-refractivity contribution >= 4 is 17.7 Å². The van der Waals surface area contributed by atoms with Gasteiger partial charge in [-0.05, 0) is 30.9 Å². The molecular weight excluding hydrogens is 220 g/mol. The molecule has 0 aromatic heterocycles. The molecule has 2 atom stereocenters. The molecule has 1 aliphatic rings. The highest BCUT2D eigenvalue weighted by atomic mass is 32.2. The van der Waals surface area contributed by atoms with Crippen molar-refractivity contribution in [2.24, 2.45) is 5.92 Å². The van der Waals surface area contributed by atoms with Gasteiger partial charge >= 0.3 is 5.97 Å². The minimum absolute atomic E-state index is 0.218. The number of aliphatic carboxylic acids is 1. The predicted octanol–water partition coefficient (Wildman–Crippen LogP) is 3.20. The Labute approximate surface area is 100 Å². The monoisotopic (exact) mass is 236 g/mol. The summed E-state index contributed by atoms with van der Waals surface area (Å²) in [5.41, 5.74) is 1.42. The molecule has 1 N–H and O–H groups in total. The highest BCUT2D eigenvalue weighted by Gasteiger charge is 2.23. The third-order valence-corrected chi connectivity index (χ3v) is 4.44. The Balaban J connectivity index is 1.86. The van der Waals surface area contributed by atoms with Gasteiger partial charge in [0, 0.05) is 10.1 Å². The molecule has 2 unspecified atom stereocenters. The summed E-state index contributed by atoms with van der Waals surface area (Å²) in [6.45, 7) is 1.79. The molecule has 0 spiro atoms.